The minimum atomic E-state index is -0.997. The number of ketones is 1. The quantitative estimate of drug-likeness (QED) is 0.449. The van der Waals surface area contributed by atoms with E-state index in [0.29, 0.717) is 24.9 Å². The van der Waals surface area contributed by atoms with E-state index in [-0.39, 0.29) is 17.9 Å². The average molecular weight is 499 g/mol. The molecule has 9 nitrogen and oxygen atoms in total. The van der Waals surface area contributed by atoms with E-state index in [2.05, 4.69) is 16.0 Å². The van der Waals surface area contributed by atoms with Crippen LogP contribution in [0, 0.1) is 5.92 Å². The lowest BCUT2D eigenvalue weighted by atomic mass is 9.94. The summed E-state index contributed by atoms with van der Waals surface area (Å²) in [6.07, 6.45) is 6.09. The molecule has 2 aliphatic rings. The van der Waals surface area contributed by atoms with Gasteiger partial charge in [0.15, 0.2) is 0 Å². The number of amides is 4. The molecule has 1 aromatic carbocycles. The lowest BCUT2D eigenvalue weighted by Gasteiger charge is -2.27. The molecule has 0 bridgehead atoms. The van der Waals surface area contributed by atoms with Gasteiger partial charge in [-0.25, -0.2) is 0 Å². The first-order valence-corrected chi connectivity index (χ1v) is 13.0. The molecule has 0 aromatic heterocycles. The lowest BCUT2D eigenvalue weighted by Crippen LogP contribution is -2.57. The second kappa shape index (κ2) is 12.6. The number of carbonyl (C=O) groups excluding carboxylic acids is 5. The maximum Gasteiger partial charge on any atom is 0.289 e. The molecule has 4 amide bonds. The number of nitrogens with one attached hydrogen (secondary N) is 3. The van der Waals surface area contributed by atoms with Crippen molar-refractivity contribution in [1.82, 2.24) is 20.9 Å². The molecule has 1 saturated carbocycles. The molecule has 1 saturated heterocycles. The molecular weight excluding hydrogens is 460 g/mol. The van der Waals surface area contributed by atoms with Crippen LogP contribution in [0.1, 0.15) is 76.1 Å². The average Bonchev–Trinajstić information content (AvgIpc) is 3.37. The summed E-state index contributed by atoms with van der Waals surface area (Å²) in [4.78, 5) is 65.7. The predicted molar refractivity (Wildman–Crippen MR) is 135 cm³/mol. The van der Waals surface area contributed by atoms with Gasteiger partial charge in [-0.15, -0.1) is 0 Å². The fourth-order valence-corrected chi connectivity index (χ4v) is 4.86. The summed E-state index contributed by atoms with van der Waals surface area (Å²) in [7, 11) is 0. The molecule has 1 heterocycles. The predicted octanol–water partition coefficient (Wildman–Crippen LogP) is 1.95. The largest absolute Gasteiger partial charge is 0.347 e. The molecule has 3 rings (SSSR count). The van der Waals surface area contributed by atoms with Crippen molar-refractivity contribution in [2.75, 3.05) is 6.54 Å². The van der Waals surface area contributed by atoms with Crippen LogP contribution < -0.4 is 16.0 Å². The second-order valence-corrected chi connectivity index (χ2v) is 10.2. The van der Waals surface area contributed by atoms with Gasteiger partial charge in [-0.2, -0.15) is 0 Å². The van der Waals surface area contributed by atoms with Crippen LogP contribution in [-0.4, -0.2) is 65.0 Å². The van der Waals surface area contributed by atoms with Gasteiger partial charge in [-0.1, -0.05) is 51.3 Å². The van der Waals surface area contributed by atoms with Crippen molar-refractivity contribution in [2.45, 2.75) is 89.9 Å². The Morgan fingerprint density at radius 1 is 0.861 bits per heavy atom. The molecule has 36 heavy (non-hydrogen) atoms. The van der Waals surface area contributed by atoms with Crippen molar-refractivity contribution in [1.29, 1.82) is 0 Å². The Bertz CT molecular complexity index is 958. The smallest absolute Gasteiger partial charge is 0.289 e. The number of rotatable bonds is 9. The Kier molecular flexibility index (Phi) is 9.61. The second-order valence-electron chi connectivity index (χ2n) is 10.2. The highest BCUT2D eigenvalue weighted by molar-refractivity contribution is 6.38. The Balaban J connectivity index is 1.57. The third-order valence-electron chi connectivity index (χ3n) is 7.00. The Morgan fingerprint density at radius 3 is 2.17 bits per heavy atom. The van der Waals surface area contributed by atoms with E-state index in [4.69, 9.17) is 0 Å². The zero-order valence-corrected chi connectivity index (χ0v) is 21.4. The highest BCUT2D eigenvalue weighted by atomic mass is 16.2. The highest BCUT2D eigenvalue weighted by Gasteiger charge is 2.37. The molecule has 1 aromatic rings. The maximum absolute atomic E-state index is 13.0. The minimum absolute atomic E-state index is 0.00937. The van der Waals surface area contributed by atoms with Crippen molar-refractivity contribution in [3.63, 3.8) is 0 Å². The van der Waals surface area contributed by atoms with Crippen LogP contribution in [0.2, 0.25) is 0 Å². The minimum Gasteiger partial charge on any atom is -0.347 e. The number of hydrogen-bond acceptors (Lipinski definition) is 5. The third-order valence-corrected chi connectivity index (χ3v) is 7.00. The molecule has 0 radical (unpaired) electrons. The van der Waals surface area contributed by atoms with Gasteiger partial charge in [-0.05, 0) is 50.7 Å². The topological polar surface area (TPSA) is 125 Å². The molecule has 196 valence electrons. The molecule has 9 heteroatoms. The zero-order valence-electron chi connectivity index (χ0n) is 21.4. The fourth-order valence-electron chi connectivity index (χ4n) is 4.86. The maximum atomic E-state index is 13.0. The fraction of sp³-hybridized carbons (Fsp3) is 0.593. The SMILES string of the molecule is CC(NC(=O)C1CCCN1C(=O)c1ccccc1)C(=O)NC(C(=O)C(=O)NC1CCCCC1)C(C)C. The Labute approximate surface area is 212 Å². The summed E-state index contributed by atoms with van der Waals surface area (Å²) < 4.78 is 0. The summed E-state index contributed by atoms with van der Waals surface area (Å²) >= 11 is 0. The molecule has 3 unspecified atom stereocenters. The van der Waals surface area contributed by atoms with Crippen LogP contribution in [0.5, 0.6) is 0 Å². The van der Waals surface area contributed by atoms with E-state index < -0.39 is 41.6 Å². The van der Waals surface area contributed by atoms with E-state index in [1.807, 2.05) is 6.07 Å². The number of likely N-dealkylation sites (tertiary alicyclic amines) is 1. The summed E-state index contributed by atoms with van der Waals surface area (Å²) in [5.41, 5.74) is 0.507. The molecule has 2 fully saturated rings. The van der Waals surface area contributed by atoms with E-state index in [0.717, 1.165) is 32.1 Å². The monoisotopic (exact) mass is 498 g/mol. The van der Waals surface area contributed by atoms with Crippen molar-refractivity contribution in [3.05, 3.63) is 35.9 Å². The van der Waals surface area contributed by atoms with Crippen LogP contribution in [0.4, 0.5) is 0 Å². The zero-order chi connectivity index (χ0) is 26.2. The van der Waals surface area contributed by atoms with Gasteiger partial charge in [0.05, 0.1) is 6.04 Å². The lowest BCUT2D eigenvalue weighted by molar-refractivity contribution is -0.141. The van der Waals surface area contributed by atoms with Crippen molar-refractivity contribution >= 4 is 29.4 Å². The number of benzene rings is 1. The first-order valence-electron chi connectivity index (χ1n) is 13.0. The van der Waals surface area contributed by atoms with Gasteiger partial charge in [-0.3, -0.25) is 24.0 Å². The molecule has 3 N–H and O–H groups in total. The van der Waals surface area contributed by atoms with Gasteiger partial charge in [0.25, 0.3) is 11.8 Å². The van der Waals surface area contributed by atoms with E-state index >= 15 is 0 Å². The summed E-state index contributed by atoms with van der Waals surface area (Å²) in [6.45, 7) is 5.50. The van der Waals surface area contributed by atoms with E-state index in [9.17, 15) is 24.0 Å². The van der Waals surface area contributed by atoms with Crippen LogP contribution in [0.25, 0.3) is 0 Å². The van der Waals surface area contributed by atoms with Crippen molar-refractivity contribution < 1.29 is 24.0 Å². The Morgan fingerprint density at radius 2 is 1.53 bits per heavy atom. The van der Waals surface area contributed by atoms with Crippen LogP contribution >= 0.6 is 0 Å². The van der Waals surface area contributed by atoms with Gasteiger partial charge in [0, 0.05) is 18.2 Å². The first-order chi connectivity index (χ1) is 17.2. The van der Waals surface area contributed by atoms with E-state index in [1.165, 1.54) is 11.8 Å². The normalized spacial score (nSPS) is 19.9. The molecule has 1 aliphatic carbocycles. The Hall–Kier alpha value is -3.23. The molecular formula is C27H38N4O5. The summed E-state index contributed by atoms with van der Waals surface area (Å²) in [5.74, 6) is -2.87. The molecule has 1 aliphatic heterocycles. The van der Waals surface area contributed by atoms with Gasteiger partial charge >= 0.3 is 0 Å². The van der Waals surface area contributed by atoms with Gasteiger partial charge < -0.3 is 20.9 Å². The van der Waals surface area contributed by atoms with Crippen LogP contribution in [-0.2, 0) is 19.2 Å². The number of nitrogens with zero attached hydrogens (tertiary/aromatic N) is 1. The first kappa shape index (κ1) is 27.4. The molecule has 3 atom stereocenters. The van der Waals surface area contributed by atoms with Crippen LogP contribution in [0.3, 0.4) is 0 Å². The number of hydrogen-bond donors (Lipinski definition) is 3. The van der Waals surface area contributed by atoms with Gasteiger partial charge in [0.1, 0.15) is 12.1 Å². The third kappa shape index (κ3) is 6.92. The van der Waals surface area contributed by atoms with E-state index in [1.54, 1.807) is 38.1 Å². The summed E-state index contributed by atoms with van der Waals surface area (Å²) in [6, 6.07) is 6.16. The summed E-state index contributed by atoms with van der Waals surface area (Å²) in [5, 5.41) is 8.13. The standard InChI is InChI=1S/C27H38N4O5/c1-17(2)22(23(32)26(35)29-20-13-8-5-9-14-20)30-24(33)18(3)28-25(34)21-15-10-16-31(21)27(36)19-11-6-4-7-12-19/h4,6-7,11-12,17-18,20-22H,5,8-10,13-16H2,1-3H3,(H,28,34)(H,29,35)(H,30,33). The van der Waals surface area contributed by atoms with Crippen molar-refractivity contribution in [2.24, 2.45) is 5.92 Å². The molecule has 0 spiro atoms. The number of Topliss-reactive ketones (excluding diaryl/α,β-unsaturated/α-hetero) is 1. The van der Waals surface area contributed by atoms with Crippen molar-refractivity contribution in [3.8, 4) is 0 Å². The van der Waals surface area contributed by atoms with Gasteiger partial charge in [0.2, 0.25) is 17.6 Å². The highest BCUT2D eigenvalue weighted by Crippen LogP contribution is 2.21. The van der Waals surface area contributed by atoms with Crippen LogP contribution in [0.15, 0.2) is 30.3 Å². The number of carbonyl (C=O) groups is 5.